The van der Waals surface area contributed by atoms with Gasteiger partial charge in [0.1, 0.15) is 5.82 Å². The molecule has 1 aliphatic rings. The molecule has 16 heavy (non-hydrogen) atoms. The molecule has 2 aromatic heterocycles. The summed E-state index contributed by atoms with van der Waals surface area (Å²) in [6, 6.07) is 0. The number of aromatic amines is 1. The molecule has 0 aliphatic heterocycles. The zero-order valence-corrected chi connectivity index (χ0v) is 9.32. The molecule has 1 saturated carbocycles. The molecule has 0 saturated heterocycles. The van der Waals surface area contributed by atoms with Crippen LogP contribution in [0, 0.1) is 0 Å². The van der Waals surface area contributed by atoms with Gasteiger partial charge in [0, 0.05) is 12.5 Å². The Balaban J connectivity index is 1.89. The number of nitrogens with one attached hydrogen (secondary N) is 1. The van der Waals surface area contributed by atoms with Crippen LogP contribution in [0.25, 0.3) is 5.78 Å². The fraction of sp³-hybridized carbons (Fsp3) is 0.636. The summed E-state index contributed by atoms with van der Waals surface area (Å²) in [6.45, 7) is 0.468. The SMILES string of the molecule is NCc1cn2[nH]c(C3CCCCC3)nc2n1. The Labute approximate surface area is 94.1 Å². The Morgan fingerprint density at radius 3 is 2.81 bits per heavy atom. The van der Waals surface area contributed by atoms with Crippen molar-refractivity contribution in [2.45, 2.75) is 44.6 Å². The molecule has 0 spiro atoms. The lowest BCUT2D eigenvalue weighted by Gasteiger charge is -2.18. The van der Waals surface area contributed by atoms with Gasteiger partial charge in [0.25, 0.3) is 5.78 Å². The van der Waals surface area contributed by atoms with Crippen LogP contribution < -0.4 is 5.73 Å². The van der Waals surface area contributed by atoms with E-state index in [9.17, 15) is 0 Å². The molecule has 5 heteroatoms. The Morgan fingerprint density at radius 1 is 1.31 bits per heavy atom. The van der Waals surface area contributed by atoms with Crippen molar-refractivity contribution in [1.82, 2.24) is 19.6 Å². The second kappa shape index (κ2) is 3.90. The molecule has 86 valence electrons. The molecular formula is C11H17N5. The number of aromatic nitrogens is 4. The molecule has 0 amide bonds. The van der Waals surface area contributed by atoms with Crippen LogP contribution in [0.2, 0.25) is 0 Å². The van der Waals surface area contributed by atoms with E-state index in [1.807, 2.05) is 10.7 Å². The molecule has 2 aromatic rings. The molecule has 0 unspecified atom stereocenters. The summed E-state index contributed by atoms with van der Waals surface area (Å²) in [6.07, 6.45) is 8.44. The van der Waals surface area contributed by atoms with Gasteiger partial charge in [-0.05, 0) is 12.8 Å². The first-order valence-electron chi connectivity index (χ1n) is 6.01. The van der Waals surface area contributed by atoms with Gasteiger partial charge in [-0.25, -0.2) is 9.50 Å². The molecule has 5 nitrogen and oxygen atoms in total. The van der Waals surface area contributed by atoms with Crippen LogP contribution in [0.15, 0.2) is 6.20 Å². The number of hydrogen-bond donors (Lipinski definition) is 2. The first kappa shape index (κ1) is 9.84. The van der Waals surface area contributed by atoms with E-state index in [4.69, 9.17) is 5.73 Å². The van der Waals surface area contributed by atoms with Crippen LogP contribution >= 0.6 is 0 Å². The van der Waals surface area contributed by atoms with Crippen molar-refractivity contribution >= 4 is 5.78 Å². The van der Waals surface area contributed by atoms with Crippen LogP contribution in [0.5, 0.6) is 0 Å². The van der Waals surface area contributed by atoms with E-state index in [0.29, 0.717) is 12.5 Å². The van der Waals surface area contributed by atoms with E-state index in [1.54, 1.807) is 0 Å². The van der Waals surface area contributed by atoms with E-state index in [1.165, 1.54) is 32.1 Å². The number of nitrogens with two attached hydrogens (primary N) is 1. The van der Waals surface area contributed by atoms with Crippen molar-refractivity contribution in [3.8, 4) is 0 Å². The van der Waals surface area contributed by atoms with Gasteiger partial charge in [-0.2, -0.15) is 4.98 Å². The summed E-state index contributed by atoms with van der Waals surface area (Å²) >= 11 is 0. The summed E-state index contributed by atoms with van der Waals surface area (Å²) in [7, 11) is 0. The lowest BCUT2D eigenvalue weighted by atomic mass is 9.89. The zero-order chi connectivity index (χ0) is 11.0. The quantitative estimate of drug-likeness (QED) is 0.805. The van der Waals surface area contributed by atoms with Crippen molar-refractivity contribution < 1.29 is 0 Å². The van der Waals surface area contributed by atoms with Crippen molar-refractivity contribution in [1.29, 1.82) is 0 Å². The summed E-state index contributed by atoms with van der Waals surface area (Å²) in [5.41, 5.74) is 6.42. The molecule has 3 N–H and O–H groups in total. The number of nitrogens with zero attached hydrogens (tertiary/aromatic N) is 3. The number of fused-ring (bicyclic) bond motifs is 1. The van der Waals surface area contributed by atoms with Gasteiger partial charge in [0.2, 0.25) is 0 Å². The van der Waals surface area contributed by atoms with E-state index < -0.39 is 0 Å². The maximum Gasteiger partial charge on any atom is 0.250 e. The first-order valence-corrected chi connectivity index (χ1v) is 6.01. The number of imidazole rings is 1. The molecule has 0 atom stereocenters. The standard InChI is InChI=1S/C11H17N5/c12-6-9-7-16-11(13-9)14-10(15-16)8-4-2-1-3-5-8/h7-8H,1-6,12H2,(H,13,14,15). The third-order valence-corrected chi connectivity index (χ3v) is 3.39. The topological polar surface area (TPSA) is 72.0 Å². The van der Waals surface area contributed by atoms with Crippen molar-refractivity contribution in [2.24, 2.45) is 5.73 Å². The number of hydrogen-bond acceptors (Lipinski definition) is 3. The normalized spacial score (nSPS) is 18.3. The fourth-order valence-corrected chi connectivity index (χ4v) is 2.49. The first-order chi connectivity index (χ1) is 7.86. The summed E-state index contributed by atoms with van der Waals surface area (Å²) in [5.74, 6) is 2.43. The molecule has 1 aliphatic carbocycles. The molecule has 1 fully saturated rings. The number of H-pyrrole nitrogens is 1. The predicted molar refractivity (Wildman–Crippen MR) is 61.1 cm³/mol. The predicted octanol–water partition coefficient (Wildman–Crippen LogP) is 1.56. The molecule has 2 heterocycles. The average Bonchev–Trinajstić information content (AvgIpc) is 2.87. The minimum atomic E-state index is 0.468. The Morgan fingerprint density at radius 2 is 2.12 bits per heavy atom. The van der Waals surface area contributed by atoms with Crippen LogP contribution in [0.3, 0.4) is 0 Å². The number of rotatable bonds is 2. The lowest BCUT2D eigenvalue weighted by Crippen LogP contribution is -2.06. The minimum absolute atomic E-state index is 0.468. The van der Waals surface area contributed by atoms with E-state index in [0.717, 1.165) is 17.3 Å². The fourth-order valence-electron chi connectivity index (χ4n) is 2.49. The third kappa shape index (κ3) is 1.61. The van der Waals surface area contributed by atoms with Gasteiger partial charge in [0.05, 0.1) is 11.9 Å². The molecule has 0 bridgehead atoms. The monoisotopic (exact) mass is 219 g/mol. The van der Waals surface area contributed by atoms with Crippen molar-refractivity contribution in [3.05, 3.63) is 17.7 Å². The van der Waals surface area contributed by atoms with Crippen LogP contribution in [-0.4, -0.2) is 19.6 Å². The maximum absolute atomic E-state index is 5.54. The van der Waals surface area contributed by atoms with E-state index >= 15 is 0 Å². The van der Waals surface area contributed by atoms with Crippen molar-refractivity contribution in [2.75, 3.05) is 0 Å². The average molecular weight is 219 g/mol. The zero-order valence-electron chi connectivity index (χ0n) is 9.32. The van der Waals surface area contributed by atoms with Gasteiger partial charge in [0.15, 0.2) is 0 Å². The maximum atomic E-state index is 5.54. The minimum Gasteiger partial charge on any atom is -0.325 e. The Bertz CT molecular complexity index is 446. The third-order valence-electron chi connectivity index (χ3n) is 3.39. The molecule has 0 radical (unpaired) electrons. The highest BCUT2D eigenvalue weighted by molar-refractivity contribution is 5.30. The molecule has 3 rings (SSSR count). The Kier molecular flexibility index (Phi) is 2.40. The van der Waals surface area contributed by atoms with Crippen molar-refractivity contribution in [3.63, 3.8) is 0 Å². The molecular weight excluding hydrogens is 202 g/mol. The van der Waals surface area contributed by atoms with E-state index in [2.05, 4.69) is 15.1 Å². The van der Waals surface area contributed by atoms with Crippen LogP contribution in [-0.2, 0) is 6.54 Å². The van der Waals surface area contributed by atoms with Gasteiger partial charge >= 0.3 is 0 Å². The highest BCUT2D eigenvalue weighted by Gasteiger charge is 2.19. The summed E-state index contributed by atoms with van der Waals surface area (Å²) in [5, 5.41) is 3.31. The lowest BCUT2D eigenvalue weighted by molar-refractivity contribution is 0.429. The Hall–Kier alpha value is -1.36. The van der Waals surface area contributed by atoms with Gasteiger partial charge in [-0.1, -0.05) is 19.3 Å². The largest absolute Gasteiger partial charge is 0.325 e. The van der Waals surface area contributed by atoms with Crippen LogP contribution in [0.4, 0.5) is 0 Å². The van der Waals surface area contributed by atoms with Gasteiger partial charge in [-0.15, -0.1) is 0 Å². The van der Waals surface area contributed by atoms with E-state index in [-0.39, 0.29) is 0 Å². The summed E-state index contributed by atoms with van der Waals surface area (Å²) in [4.78, 5) is 8.89. The van der Waals surface area contributed by atoms with Gasteiger partial charge < -0.3 is 5.73 Å². The molecule has 0 aromatic carbocycles. The highest BCUT2D eigenvalue weighted by atomic mass is 15.3. The smallest absolute Gasteiger partial charge is 0.250 e. The second-order valence-corrected chi connectivity index (χ2v) is 4.55. The summed E-state index contributed by atoms with van der Waals surface area (Å²) < 4.78 is 1.88. The highest BCUT2D eigenvalue weighted by Crippen LogP contribution is 2.30. The second-order valence-electron chi connectivity index (χ2n) is 4.55. The van der Waals surface area contributed by atoms with Gasteiger partial charge in [-0.3, -0.25) is 5.10 Å². The van der Waals surface area contributed by atoms with Crippen LogP contribution in [0.1, 0.15) is 49.5 Å².